The van der Waals surface area contributed by atoms with Crippen LogP contribution in [-0.4, -0.2) is 26.6 Å². The van der Waals surface area contributed by atoms with Crippen molar-refractivity contribution in [3.8, 4) is 11.5 Å². The largest absolute Gasteiger partial charge is 0.486 e. The Kier molecular flexibility index (Phi) is 7.33. The fourth-order valence-electron chi connectivity index (χ4n) is 2.84. The molecular weight excluding hydrogens is 464 g/mol. The number of aromatic nitrogens is 3. The molecular formula is C23H19ClN4O4S. The van der Waals surface area contributed by atoms with Gasteiger partial charge < -0.3 is 14.8 Å². The van der Waals surface area contributed by atoms with E-state index in [4.69, 9.17) is 21.1 Å². The van der Waals surface area contributed by atoms with Crippen LogP contribution in [0.25, 0.3) is 0 Å². The second kappa shape index (κ2) is 10.8. The molecule has 0 fully saturated rings. The summed E-state index contributed by atoms with van der Waals surface area (Å²) in [6.45, 7) is 0.416. The van der Waals surface area contributed by atoms with Crippen LogP contribution in [0, 0.1) is 0 Å². The van der Waals surface area contributed by atoms with E-state index in [0.717, 1.165) is 5.01 Å². The van der Waals surface area contributed by atoms with Gasteiger partial charge in [0.1, 0.15) is 29.7 Å². The van der Waals surface area contributed by atoms with Gasteiger partial charge in [-0.2, -0.15) is 5.10 Å². The van der Waals surface area contributed by atoms with Crippen LogP contribution < -0.4 is 14.8 Å². The number of hydrogen-bond acceptors (Lipinski definition) is 7. The van der Waals surface area contributed by atoms with Gasteiger partial charge in [0.05, 0.1) is 12.1 Å². The topological polar surface area (TPSA) is 95.3 Å². The Labute approximate surface area is 198 Å². The summed E-state index contributed by atoms with van der Waals surface area (Å²) in [5.74, 6) is 0.437. The van der Waals surface area contributed by atoms with E-state index in [1.807, 2.05) is 0 Å². The van der Waals surface area contributed by atoms with Crippen LogP contribution in [0.5, 0.6) is 11.5 Å². The lowest BCUT2D eigenvalue weighted by Gasteiger charge is -2.07. The molecule has 0 saturated heterocycles. The molecule has 168 valence electrons. The van der Waals surface area contributed by atoms with Crippen LogP contribution in [0.3, 0.4) is 0 Å². The van der Waals surface area contributed by atoms with E-state index in [9.17, 15) is 9.59 Å². The normalized spacial score (nSPS) is 10.6. The lowest BCUT2D eigenvalue weighted by Crippen LogP contribution is -2.19. The van der Waals surface area contributed by atoms with E-state index < -0.39 is 5.97 Å². The molecule has 2 heterocycles. The van der Waals surface area contributed by atoms with Crippen molar-refractivity contribution >= 4 is 40.5 Å². The van der Waals surface area contributed by atoms with Crippen LogP contribution in [-0.2, 0) is 29.2 Å². The number of hydrogen-bond donors (Lipinski definition) is 1. The summed E-state index contributed by atoms with van der Waals surface area (Å²) < 4.78 is 12.6. The Morgan fingerprint density at radius 1 is 1.06 bits per heavy atom. The number of amides is 1. The molecule has 8 nitrogen and oxygen atoms in total. The molecule has 0 saturated carbocycles. The van der Waals surface area contributed by atoms with Gasteiger partial charge in [0, 0.05) is 28.5 Å². The van der Waals surface area contributed by atoms with Gasteiger partial charge >= 0.3 is 5.97 Å². The molecule has 0 bridgehead atoms. The number of carbonyl (C=O) groups excluding carboxylic acids is 2. The van der Waals surface area contributed by atoms with E-state index in [1.165, 1.54) is 16.0 Å². The van der Waals surface area contributed by atoms with Gasteiger partial charge in [-0.25, -0.2) is 4.98 Å². The fraction of sp³-hybridized carbons (Fsp3) is 0.130. The second-order valence-corrected chi connectivity index (χ2v) is 8.28. The molecule has 10 heteroatoms. The van der Waals surface area contributed by atoms with Crippen molar-refractivity contribution < 1.29 is 19.1 Å². The minimum Gasteiger partial charge on any atom is -0.486 e. The van der Waals surface area contributed by atoms with E-state index in [0.29, 0.717) is 34.5 Å². The second-order valence-electron chi connectivity index (χ2n) is 6.90. The number of anilines is 1. The van der Waals surface area contributed by atoms with Gasteiger partial charge in [0.2, 0.25) is 5.91 Å². The standard InChI is InChI=1S/C23H19ClN4O4S/c24-16-2-6-19(7-3-16)31-14-22-27-18(15-33-22)12-23(30)32-20-8-4-17(5-9-20)26-21(29)13-28-11-1-10-25-28/h1-11,15H,12-14H2,(H,26,29). The van der Waals surface area contributed by atoms with Crippen molar-refractivity contribution in [3.05, 3.63) is 88.1 Å². The molecule has 4 rings (SSSR count). The number of benzene rings is 2. The number of nitrogens with zero attached hydrogens (tertiary/aromatic N) is 3. The molecule has 0 aliphatic carbocycles. The summed E-state index contributed by atoms with van der Waals surface area (Å²) in [6, 6.07) is 15.4. The van der Waals surface area contributed by atoms with Crippen molar-refractivity contribution in [2.24, 2.45) is 0 Å². The van der Waals surface area contributed by atoms with Gasteiger partial charge in [-0.1, -0.05) is 11.6 Å². The van der Waals surface area contributed by atoms with Crippen LogP contribution in [0.2, 0.25) is 5.02 Å². The Morgan fingerprint density at radius 3 is 2.55 bits per heavy atom. The highest BCUT2D eigenvalue weighted by Gasteiger charge is 2.11. The molecule has 0 aliphatic rings. The van der Waals surface area contributed by atoms with Crippen molar-refractivity contribution in [1.29, 1.82) is 0 Å². The maximum Gasteiger partial charge on any atom is 0.317 e. The van der Waals surface area contributed by atoms with Gasteiger partial charge in [-0.15, -0.1) is 11.3 Å². The lowest BCUT2D eigenvalue weighted by atomic mass is 10.3. The number of rotatable bonds is 9. The summed E-state index contributed by atoms with van der Waals surface area (Å²) in [6.07, 6.45) is 3.36. The van der Waals surface area contributed by atoms with E-state index in [2.05, 4.69) is 15.4 Å². The number of nitrogens with one attached hydrogen (secondary N) is 1. The highest BCUT2D eigenvalue weighted by atomic mass is 35.5. The summed E-state index contributed by atoms with van der Waals surface area (Å²) >= 11 is 7.27. The van der Waals surface area contributed by atoms with Crippen LogP contribution in [0.4, 0.5) is 5.69 Å². The zero-order chi connectivity index (χ0) is 23.0. The van der Waals surface area contributed by atoms with Crippen LogP contribution >= 0.6 is 22.9 Å². The number of ether oxygens (including phenoxy) is 2. The van der Waals surface area contributed by atoms with E-state index >= 15 is 0 Å². The number of esters is 1. The zero-order valence-electron chi connectivity index (χ0n) is 17.3. The predicted octanol–water partition coefficient (Wildman–Crippen LogP) is 4.36. The SMILES string of the molecule is O=C(Cn1cccn1)Nc1ccc(OC(=O)Cc2csc(COc3ccc(Cl)cc3)n2)cc1. The Hall–Kier alpha value is -3.69. The van der Waals surface area contributed by atoms with E-state index in [-0.39, 0.29) is 18.9 Å². The molecule has 4 aromatic rings. The molecule has 0 atom stereocenters. The third-order valence-electron chi connectivity index (χ3n) is 4.34. The maximum absolute atomic E-state index is 12.3. The quantitative estimate of drug-likeness (QED) is 0.281. The summed E-state index contributed by atoms with van der Waals surface area (Å²) in [5, 5.41) is 9.95. The molecule has 0 unspecified atom stereocenters. The fourth-order valence-corrected chi connectivity index (χ4v) is 3.67. The molecule has 1 N–H and O–H groups in total. The van der Waals surface area contributed by atoms with Gasteiger partial charge in [0.15, 0.2) is 0 Å². The first-order valence-electron chi connectivity index (χ1n) is 9.93. The first-order valence-corrected chi connectivity index (χ1v) is 11.2. The third-order valence-corrected chi connectivity index (χ3v) is 5.46. The Bertz CT molecular complexity index is 1210. The molecule has 0 radical (unpaired) electrons. The van der Waals surface area contributed by atoms with Crippen molar-refractivity contribution in [2.45, 2.75) is 19.6 Å². The van der Waals surface area contributed by atoms with E-state index in [1.54, 1.807) is 72.4 Å². The highest BCUT2D eigenvalue weighted by molar-refractivity contribution is 7.09. The molecule has 0 spiro atoms. The maximum atomic E-state index is 12.3. The van der Waals surface area contributed by atoms with Crippen molar-refractivity contribution in [3.63, 3.8) is 0 Å². The minimum absolute atomic E-state index is 0.0415. The Balaban J connectivity index is 1.23. The number of carbonyl (C=O) groups is 2. The predicted molar refractivity (Wildman–Crippen MR) is 125 cm³/mol. The lowest BCUT2D eigenvalue weighted by molar-refractivity contribution is -0.133. The van der Waals surface area contributed by atoms with Crippen LogP contribution in [0.1, 0.15) is 10.7 Å². The average molecular weight is 483 g/mol. The third kappa shape index (κ3) is 6.90. The average Bonchev–Trinajstić information content (AvgIpc) is 3.47. The smallest absolute Gasteiger partial charge is 0.317 e. The molecule has 33 heavy (non-hydrogen) atoms. The van der Waals surface area contributed by atoms with Gasteiger partial charge in [-0.3, -0.25) is 14.3 Å². The number of halogens is 1. The summed E-state index contributed by atoms with van der Waals surface area (Å²) in [7, 11) is 0. The monoisotopic (exact) mass is 482 g/mol. The number of thiazole rings is 1. The Morgan fingerprint density at radius 2 is 1.82 bits per heavy atom. The first-order chi connectivity index (χ1) is 16.0. The summed E-state index contributed by atoms with van der Waals surface area (Å²) in [4.78, 5) is 28.7. The molecule has 2 aromatic heterocycles. The highest BCUT2D eigenvalue weighted by Crippen LogP contribution is 2.19. The molecule has 1 amide bonds. The van der Waals surface area contributed by atoms with Gasteiger partial charge in [-0.05, 0) is 54.6 Å². The zero-order valence-corrected chi connectivity index (χ0v) is 18.9. The van der Waals surface area contributed by atoms with Gasteiger partial charge in [0.25, 0.3) is 0 Å². The van der Waals surface area contributed by atoms with Crippen molar-refractivity contribution in [2.75, 3.05) is 5.32 Å². The first kappa shape index (κ1) is 22.5. The molecule has 2 aromatic carbocycles. The van der Waals surface area contributed by atoms with Crippen molar-refractivity contribution in [1.82, 2.24) is 14.8 Å². The minimum atomic E-state index is -0.430. The molecule has 0 aliphatic heterocycles. The van der Waals surface area contributed by atoms with Crippen LogP contribution in [0.15, 0.2) is 72.4 Å². The summed E-state index contributed by atoms with van der Waals surface area (Å²) in [5.41, 5.74) is 1.21.